The Morgan fingerprint density at radius 2 is 1.78 bits per heavy atom. The van der Waals surface area contributed by atoms with E-state index in [9.17, 15) is 22.4 Å². The van der Waals surface area contributed by atoms with Crippen LogP contribution in [-0.2, 0) is 32.6 Å². The van der Waals surface area contributed by atoms with Gasteiger partial charge in [-0.15, -0.1) is 0 Å². The van der Waals surface area contributed by atoms with Crippen LogP contribution in [0.15, 0.2) is 90.7 Å². The molecule has 1 unspecified atom stereocenters. The second-order valence-corrected chi connectivity index (χ2v) is 11.0. The van der Waals surface area contributed by atoms with Crippen molar-refractivity contribution in [3.05, 3.63) is 118 Å². The van der Waals surface area contributed by atoms with Crippen LogP contribution < -0.4 is 9.62 Å². The summed E-state index contributed by atoms with van der Waals surface area (Å²) in [5, 5.41) is 5.54. The van der Waals surface area contributed by atoms with Crippen LogP contribution in [0, 0.1) is 11.7 Å². The zero-order chi connectivity index (χ0) is 29.4. The minimum atomic E-state index is -4.23. The maximum Gasteiger partial charge on any atom is 0.257 e. The molecule has 4 rings (SSSR count). The summed E-state index contributed by atoms with van der Waals surface area (Å²) < 4.78 is 42.7. The fourth-order valence-electron chi connectivity index (χ4n) is 4.07. The number of hydrogen-bond acceptors (Lipinski definition) is 6. The molecule has 212 valence electrons. The Morgan fingerprint density at radius 3 is 2.44 bits per heavy atom. The summed E-state index contributed by atoms with van der Waals surface area (Å²) in [4.78, 5) is 32.4. The monoisotopic (exact) mass is 595 g/mol. The van der Waals surface area contributed by atoms with Gasteiger partial charge in [0, 0.05) is 24.6 Å². The molecule has 9 nitrogen and oxygen atoms in total. The molecule has 2 aromatic carbocycles. The maximum atomic E-state index is 13.7. The number of hydrogen-bond donors (Lipinski definition) is 1. The van der Waals surface area contributed by atoms with Gasteiger partial charge in [0.05, 0.1) is 18.1 Å². The van der Waals surface area contributed by atoms with Crippen LogP contribution in [0.1, 0.15) is 23.6 Å². The zero-order valence-electron chi connectivity index (χ0n) is 22.0. The Labute approximate surface area is 242 Å². The Balaban J connectivity index is 1.58. The van der Waals surface area contributed by atoms with Crippen molar-refractivity contribution in [1.29, 1.82) is 0 Å². The summed E-state index contributed by atoms with van der Waals surface area (Å²) in [7, 11) is -4.23. The van der Waals surface area contributed by atoms with Crippen LogP contribution in [0.5, 0.6) is 0 Å². The van der Waals surface area contributed by atoms with E-state index in [2.05, 4.69) is 10.1 Å². The van der Waals surface area contributed by atoms with Gasteiger partial charge < -0.3 is 4.90 Å². The van der Waals surface area contributed by atoms with E-state index in [-0.39, 0.29) is 13.0 Å². The van der Waals surface area contributed by atoms with Gasteiger partial charge in [-0.2, -0.15) is 5.10 Å². The minimum Gasteiger partial charge on any atom is -0.312 e. The van der Waals surface area contributed by atoms with E-state index in [0.717, 1.165) is 11.0 Å². The number of nitrogens with zero attached hydrogens (tertiary/aromatic N) is 4. The fraction of sp³-hybridized carbons (Fsp3) is 0.172. The minimum absolute atomic E-state index is 0.126. The third kappa shape index (κ3) is 8.32. The van der Waals surface area contributed by atoms with E-state index >= 15 is 0 Å². The van der Waals surface area contributed by atoms with E-state index < -0.39 is 33.6 Å². The summed E-state index contributed by atoms with van der Waals surface area (Å²) in [6.45, 7) is 2.23. The smallest absolute Gasteiger partial charge is 0.257 e. The lowest BCUT2D eigenvalue weighted by atomic mass is 9.99. The largest absolute Gasteiger partial charge is 0.312 e. The van der Waals surface area contributed by atoms with E-state index in [1.54, 1.807) is 66.5 Å². The third-order valence-electron chi connectivity index (χ3n) is 6.08. The summed E-state index contributed by atoms with van der Waals surface area (Å²) in [6.07, 6.45) is 6.01. The van der Waals surface area contributed by atoms with Crippen molar-refractivity contribution in [2.24, 2.45) is 5.92 Å². The number of anilines is 1. The number of carbonyl (C=O) groups is 2. The highest BCUT2D eigenvalue weighted by atomic mass is 35.5. The first-order valence-corrected chi connectivity index (χ1v) is 14.5. The van der Waals surface area contributed by atoms with Gasteiger partial charge in [-0.1, -0.05) is 48.0 Å². The van der Waals surface area contributed by atoms with Crippen molar-refractivity contribution < 1.29 is 22.4 Å². The lowest BCUT2D eigenvalue weighted by Crippen LogP contribution is -2.46. The van der Waals surface area contributed by atoms with Gasteiger partial charge in [0.2, 0.25) is 11.8 Å². The van der Waals surface area contributed by atoms with Gasteiger partial charge >= 0.3 is 0 Å². The number of sulfonamides is 1. The van der Waals surface area contributed by atoms with Crippen LogP contribution in [0.3, 0.4) is 0 Å². The first-order chi connectivity index (χ1) is 19.6. The average molecular weight is 596 g/mol. The molecule has 1 N–H and O–H groups in total. The van der Waals surface area contributed by atoms with Gasteiger partial charge in [-0.25, -0.2) is 22.5 Å². The van der Waals surface area contributed by atoms with Gasteiger partial charge in [0.25, 0.3) is 10.0 Å². The lowest BCUT2D eigenvalue weighted by Gasteiger charge is -2.25. The van der Waals surface area contributed by atoms with E-state index in [1.165, 1.54) is 41.4 Å². The number of carbonyl (C=O) groups excluding carboxylic acids is 2. The van der Waals surface area contributed by atoms with Gasteiger partial charge in [0.15, 0.2) is 0 Å². The van der Waals surface area contributed by atoms with E-state index in [0.29, 0.717) is 28.5 Å². The number of pyridine rings is 1. The van der Waals surface area contributed by atoms with Crippen molar-refractivity contribution in [3.63, 3.8) is 0 Å². The number of rotatable bonds is 11. The first-order valence-electron chi connectivity index (χ1n) is 12.6. The van der Waals surface area contributed by atoms with Crippen molar-refractivity contribution in [1.82, 2.24) is 19.5 Å². The molecule has 4 aromatic rings. The Bertz CT molecular complexity index is 1630. The molecule has 2 heterocycles. The topological polar surface area (TPSA) is 114 Å². The predicted molar refractivity (Wildman–Crippen MR) is 155 cm³/mol. The lowest BCUT2D eigenvalue weighted by molar-refractivity contribution is -0.132. The molecule has 0 radical (unpaired) electrons. The van der Waals surface area contributed by atoms with Gasteiger partial charge in [0.1, 0.15) is 16.9 Å². The highest BCUT2D eigenvalue weighted by molar-refractivity contribution is 7.93. The van der Waals surface area contributed by atoms with Gasteiger partial charge in [-0.05, 0) is 66.4 Å². The quantitative estimate of drug-likeness (QED) is 0.202. The van der Waals surface area contributed by atoms with Crippen LogP contribution in [0.2, 0.25) is 5.15 Å². The Hall–Kier alpha value is -4.35. The summed E-state index contributed by atoms with van der Waals surface area (Å²) in [5.41, 5.74) is 2.36. The molecule has 41 heavy (non-hydrogen) atoms. The third-order valence-corrected chi connectivity index (χ3v) is 7.28. The summed E-state index contributed by atoms with van der Waals surface area (Å²) in [5.74, 6) is -3.54. The molecule has 0 saturated carbocycles. The molecule has 0 aliphatic carbocycles. The van der Waals surface area contributed by atoms with Crippen molar-refractivity contribution in [2.75, 3.05) is 11.4 Å². The normalized spacial score (nSPS) is 12.3. The molecule has 0 saturated heterocycles. The van der Waals surface area contributed by atoms with Crippen LogP contribution in [0.4, 0.5) is 10.1 Å². The molecule has 12 heteroatoms. The molecule has 2 aromatic heterocycles. The van der Waals surface area contributed by atoms with Crippen LogP contribution >= 0.6 is 11.6 Å². The molecule has 0 fully saturated rings. The number of amides is 2. The van der Waals surface area contributed by atoms with Crippen molar-refractivity contribution in [3.8, 4) is 0 Å². The molecular weight excluding hydrogens is 569 g/mol. The second kappa shape index (κ2) is 13.3. The Kier molecular flexibility index (Phi) is 9.64. The molecule has 0 aliphatic heterocycles. The number of halogens is 2. The number of aromatic nitrogens is 3. The van der Waals surface area contributed by atoms with Crippen molar-refractivity contribution >= 4 is 45.2 Å². The second-order valence-electron chi connectivity index (χ2n) is 9.08. The predicted octanol–water partition coefficient (Wildman–Crippen LogP) is 4.45. The summed E-state index contributed by atoms with van der Waals surface area (Å²) in [6, 6.07) is 17.4. The zero-order valence-corrected chi connectivity index (χ0v) is 23.6. The highest BCUT2D eigenvalue weighted by Gasteiger charge is 2.33. The number of benzene rings is 2. The van der Waals surface area contributed by atoms with Crippen molar-refractivity contribution in [2.45, 2.75) is 19.9 Å². The van der Waals surface area contributed by atoms with E-state index in [4.69, 9.17) is 11.6 Å². The fourth-order valence-corrected chi connectivity index (χ4v) is 5.00. The molecule has 1 atom stereocenters. The SMILES string of the molecule is CCN(C(=O)C(Cc1cnn(Cc2ccc(Cl)nc2)c1)C(=O)NS(=O)(=O)/C=C/c1ccccc1)c1ccc(F)cc1. The standard InChI is InChI=1S/C29H27ClFN5O4S/c1-2-36(25-11-9-24(31)10-12-25)29(38)26(28(37)34-41(39,40)15-14-21-6-4-3-5-7-21)16-23-18-33-35(20-23)19-22-8-13-27(30)32-17-22/h3-15,17-18,20,26H,2,16,19H2,1H3,(H,34,37)/b15-14+. The molecule has 2 amide bonds. The Morgan fingerprint density at radius 1 is 1.05 bits per heavy atom. The maximum absolute atomic E-state index is 13.7. The van der Waals surface area contributed by atoms with Gasteiger partial charge in [-0.3, -0.25) is 14.3 Å². The highest BCUT2D eigenvalue weighted by Crippen LogP contribution is 2.21. The molecule has 0 aliphatic rings. The number of nitrogens with one attached hydrogen (secondary N) is 1. The van der Waals surface area contributed by atoms with Crippen LogP contribution in [-0.4, -0.2) is 41.5 Å². The average Bonchev–Trinajstić information content (AvgIpc) is 3.40. The van der Waals surface area contributed by atoms with E-state index in [1.807, 2.05) is 4.72 Å². The molecule has 0 spiro atoms. The molecular formula is C29H27ClFN5O4S. The summed E-state index contributed by atoms with van der Waals surface area (Å²) >= 11 is 5.85. The van der Waals surface area contributed by atoms with Crippen LogP contribution in [0.25, 0.3) is 6.08 Å². The molecule has 0 bridgehead atoms. The first kappa shape index (κ1) is 29.6.